The highest BCUT2D eigenvalue weighted by Gasteiger charge is 2.34. The maximum Gasteiger partial charge on any atom is 0.240 e. The fourth-order valence-electron chi connectivity index (χ4n) is 4.81. The topological polar surface area (TPSA) is 52.6 Å². The van der Waals surface area contributed by atoms with E-state index >= 15 is 0 Å². The largest absolute Gasteiger partial charge is 0.369 e. The van der Waals surface area contributed by atoms with E-state index in [-0.39, 0.29) is 12.1 Å². The van der Waals surface area contributed by atoms with Crippen LogP contribution in [0.3, 0.4) is 0 Å². The molecule has 0 aromatic heterocycles. The van der Waals surface area contributed by atoms with E-state index in [4.69, 9.17) is 0 Å². The molecular formula is C24H33N3O2S. The van der Waals surface area contributed by atoms with E-state index in [0.29, 0.717) is 4.90 Å². The normalized spacial score (nSPS) is 23.4. The number of benzene rings is 2. The van der Waals surface area contributed by atoms with Crippen molar-refractivity contribution in [3.63, 3.8) is 0 Å². The molecule has 5 nitrogen and oxygen atoms in total. The Morgan fingerprint density at radius 1 is 0.900 bits per heavy atom. The van der Waals surface area contributed by atoms with Crippen LogP contribution in [-0.4, -0.2) is 51.6 Å². The number of anilines is 1. The van der Waals surface area contributed by atoms with Gasteiger partial charge in [0.1, 0.15) is 0 Å². The van der Waals surface area contributed by atoms with Gasteiger partial charge < -0.3 is 4.90 Å². The Morgan fingerprint density at radius 2 is 1.57 bits per heavy atom. The number of rotatable bonds is 6. The molecule has 0 spiro atoms. The van der Waals surface area contributed by atoms with Crippen molar-refractivity contribution >= 4 is 15.7 Å². The van der Waals surface area contributed by atoms with Crippen molar-refractivity contribution in [1.29, 1.82) is 0 Å². The highest BCUT2D eigenvalue weighted by atomic mass is 32.2. The van der Waals surface area contributed by atoms with Crippen molar-refractivity contribution in [2.75, 3.05) is 31.1 Å². The summed E-state index contributed by atoms with van der Waals surface area (Å²) < 4.78 is 28.8. The highest BCUT2D eigenvalue weighted by Crippen LogP contribution is 2.27. The predicted octanol–water partition coefficient (Wildman–Crippen LogP) is 3.66. The molecule has 30 heavy (non-hydrogen) atoms. The van der Waals surface area contributed by atoms with Crippen LogP contribution in [0, 0.1) is 0 Å². The third-order valence-electron chi connectivity index (χ3n) is 6.58. The first kappa shape index (κ1) is 21.3. The summed E-state index contributed by atoms with van der Waals surface area (Å²) >= 11 is 0. The average molecular weight is 428 g/mol. The zero-order valence-corrected chi connectivity index (χ0v) is 18.7. The number of hydrogen-bond acceptors (Lipinski definition) is 4. The summed E-state index contributed by atoms with van der Waals surface area (Å²) in [6.07, 6.45) is 5.30. The second-order valence-corrected chi connectivity index (χ2v) is 10.1. The summed E-state index contributed by atoms with van der Waals surface area (Å²) in [5.74, 6) is 0. The van der Waals surface area contributed by atoms with Gasteiger partial charge in [-0.3, -0.25) is 4.90 Å². The molecule has 2 fully saturated rings. The van der Waals surface area contributed by atoms with Crippen LogP contribution in [0.4, 0.5) is 5.69 Å². The SMILES string of the molecule is CCc1ccc(N2CCN([C@@H]3CCCC[C@H]3NS(=O)(=O)c3ccccc3)CC2)cc1. The van der Waals surface area contributed by atoms with E-state index < -0.39 is 10.0 Å². The van der Waals surface area contributed by atoms with Crippen molar-refractivity contribution in [2.45, 2.75) is 56.0 Å². The van der Waals surface area contributed by atoms with Crippen LogP contribution in [0.2, 0.25) is 0 Å². The summed E-state index contributed by atoms with van der Waals surface area (Å²) in [6, 6.07) is 17.9. The first-order chi connectivity index (χ1) is 14.6. The maximum atomic E-state index is 12.9. The second kappa shape index (κ2) is 9.50. The van der Waals surface area contributed by atoms with Crippen molar-refractivity contribution in [1.82, 2.24) is 9.62 Å². The zero-order chi connectivity index (χ0) is 21.0. The first-order valence-electron chi connectivity index (χ1n) is 11.2. The first-order valence-corrected chi connectivity index (χ1v) is 12.7. The molecule has 0 radical (unpaired) electrons. The highest BCUT2D eigenvalue weighted by molar-refractivity contribution is 7.89. The average Bonchev–Trinajstić information content (AvgIpc) is 2.80. The Morgan fingerprint density at radius 3 is 2.23 bits per heavy atom. The standard InChI is InChI=1S/C24H33N3O2S/c1-2-20-12-14-21(15-13-20)26-16-18-27(19-17-26)24-11-7-6-10-23(24)25-30(28,29)22-8-4-3-5-9-22/h3-5,8-9,12-15,23-25H,2,6-7,10-11,16-19H2,1H3/t23-,24-/m1/s1. The molecule has 1 saturated carbocycles. The Hall–Kier alpha value is -1.89. The molecule has 0 amide bonds. The quantitative estimate of drug-likeness (QED) is 0.764. The molecule has 4 rings (SSSR count). The van der Waals surface area contributed by atoms with Crippen LogP contribution in [0.15, 0.2) is 59.5 Å². The van der Waals surface area contributed by atoms with Crippen molar-refractivity contribution in [3.8, 4) is 0 Å². The van der Waals surface area contributed by atoms with Gasteiger partial charge in [0.25, 0.3) is 0 Å². The molecule has 1 saturated heterocycles. The van der Waals surface area contributed by atoms with Gasteiger partial charge in [-0.15, -0.1) is 0 Å². The van der Waals surface area contributed by atoms with Crippen molar-refractivity contribution in [3.05, 3.63) is 60.2 Å². The smallest absolute Gasteiger partial charge is 0.240 e. The van der Waals surface area contributed by atoms with Gasteiger partial charge in [-0.05, 0) is 49.1 Å². The fraction of sp³-hybridized carbons (Fsp3) is 0.500. The molecule has 2 atom stereocenters. The van der Waals surface area contributed by atoms with Crippen LogP contribution in [-0.2, 0) is 16.4 Å². The van der Waals surface area contributed by atoms with Gasteiger partial charge in [-0.25, -0.2) is 13.1 Å². The van der Waals surface area contributed by atoms with Gasteiger partial charge in [0.2, 0.25) is 10.0 Å². The molecule has 2 aromatic carbocycles. The number of sulfonamides is 1. The molecule has 0 bridgehead atoms. The van der Waals surface area contributed by atoms with E-state index in [1.807, 2.05) is 6.07 Å². The third-order valence-corrected chi connectivity index (χ3v) is 8.09. The fourth-order valence-corrected chi connectivity index (χ4v) is 6.13. The minimum absolute atomic E-state index is 0.0145. The summed E-state index contributed by atoms with van der Waals surface area (Å²) in [4.78, 5) is 5.31. The molecule has 1 heterocycles. The van der Waals surface area contributed by atoms with Gasteiger partial charge >= 0.3 is 0 Å². The molecule has 162 valence electrons. The van der Waals surface area contributed by atoms with Crippen LogP contribution < -0.4 is 9.62 Å². The zero-order valence-electron chi connectivity index (χ0n) is 17.8. The van der Waals surface area contributed by atoms with E-state index in [1.54, 1.807) is 24.3 Å². The van der Waals surface area contributed by atoms with Crippen LogP contribution >= 0.6 is 0 Å². The Kier molecular flexibility index (Phi) is 6.76. The van der Waals surface area contributed by atoms with Crippen LogP contribution in [0.25, 0.3) is 0 Å². The van der Waals surface area contributed by atoms with E-state index in [2.05, 4.69) is 45.7 Å². The number of aryl methyl sites for hydroxylation is 1. The predicted molar refractivity (Wildman–Crippen MR) is 122 cm³/mol. The summed E-state index contributed by atoms with van der Waals surface area (Å²) in [6.45, 7) is 6.11. The van der Waals surface area contributed by atoms with E-state index in [9.17, 15) is 8.42 Å². The lowest BCUT2D eigenvalue weighted by atomic mass is 9.89. The molecule has 2 aromatic rings. The summed E-state index contributed by atoms with van der Waals surface area (Å²) in [5.41, 5.74) is 2.66. The van der Waals surface area contributed by atoms with E-state index in [0.717, 1.165) is 51.9 Å². The summed E-state index contributed by atoms with van der Waals surface area (Å²) in [7, 11) is -3.48. The number of nitrogens with zero attached hydrogens (tertiary/aromatic N) is 2. The minimum atomic E-state index is -3.48. The van der Waals surface area contributed by atoms with E-state index in [1.165, 1.54) is 17.7 Å². The summed E-state index contributed by atoms with van der Waals surface area (Å²) in [5, 5.41) is 0. The second-order valence-electron chi connectivity index (χ2n) is 8.44. The number of nitrogens with one attached hydrogen (secondary N) is 1. The van der Waals surface area contributed by atoms with Gasteiger partial charge in [-0.1, -0.05) is 50.1 Å². The third kappa shape index (κ3) is 4.88. The van der Waals surface area contributed by atoms with Gasteiger partial charge in [0.15, 0.2) is 0 Å². The Labute approximate surface area is 181 Å². The molecular weight excluding hydrogens is 394 g/mol. The van der Waals surface area contributed by atoms with Crippen molar-refractivity contribution in [2.24, 2.45) is 0 Å². The van der Waals surface area contributed by atoms with Crippen molar-refractivity contribution < 1.29 is 8.42 Å². The molecule has 1 aliphatic carbocycles. The molecule has 1 aliphatic heterocycles. The lowest BCUT2D eigenvalue weighted by Crippen LogP contribution is -2.58. The number of piperazine rings is 1. The Bertz CT molecular complexity index is 907. The lowest BCUT2D eigenvalue weighted by molar-refractivity contribution is 0.124. The number of hydrogen-bond donors (Lipinski definition) is 1. The minimum Gasteiger partial charge on any atom is -0.369 e. The molecule has 1 N–H and O–H groups in total. The van der Waals surface area contributed by atoms with Crippen LogP contribution in [0.1, 0.15) is 38.2 Å². The molecule has 6 heteroatoms. The van der Waals surface area contributed by atoms with Crippen LogP contribution in [0.5, 0.6) is 0 Å². The molecule has 2 aliphatic rings. The Balaban J connectivity index is 1.40. The van der Waals surface area contributed by atoms with Gasteiger partial charge in [-0.2, -0.15) is 0 Å². The van der Waals surface area contributed by atoms with Gasteiger partial charge in [0.05, 0.1) is 4.90 Å². The lowest BCUT2D eigenvalue weighted by Gasteiger charge is -2.44. The van der Waals surface area contributed by atoms with Gasteiger partial charge in [0, 0.05) is 44.0 Å². The molecule has 0 unspecified atom stereocenters. The maximum absolute atomic E-state index is 12.9. The monoisotopic (exact) mass is 427 g/mol.